The molecule has 0 bridgehead atoms. The molecule has 0 aliphatic heterocycles. The molecule has 200 valence electrons. The summed E-state index contributed by atoms with van der Waals surface area (Å²) in [5, 5.41) is 21.4. The van der Waals surface area contributed by atoms with Crippen LogP contribution in [-0.4, -0.2) is 48.8 Å². The van der Waals surface area contributed by atoms with Crippen molar-refractivity contribution in [1.29, 1.82) is 0 Å². The second-order valence-corrected chi connectivity index (χ2v) is 8.77. The van der Waals surface area contributed by atoms with Crippen molar-refractivity contribution in [3.8, 4) is 17.2 Å². The van der Waals surface area contributed by atoms with Crippen molar-refractivity contribution in [3.05, 3.63) is 77.4 Å². The van der Waals surface area contributed by atoms with Gasteiger partial charge in [0.2, 0.25) is 0 Å². The van der Waals surface area contributed by atoms with Crippen LogP contribution in [-0.2, 0) is 4.79 Å². The lowest BCUT2D eigenvalue weighted by molar-refractivity contribution is -0.137. The molecule has 9 nitrogen and oxygen atoms in total. The topological polar surface area (TPSA) is 125 Å². The molecule has 0 saturated heterocycles. The average molecular weight is 521 g/mol. The number of aromatic hydroxyl groups is 1. The lowest BCUT2D eigenvalue weighted by atomic mass is 10.1. The van der Waals surface area contributed by atoms with Gasteiger partial charge in [-0.2, -0.15) is 0 Å². The molecule has 0 heterocycles. The van der Waals surface area contributed by atoms with Crippen LogP contribution in [0.15, 0.2) is 60.7 Å². The van der Waals surface area contributed by atoms with Crippen molar-refractivity contribution in [3.63, 3.8) is 0 Å². The SMILES string of the molecule is COc1cc(C(=O)N(C)c2ccc(C)cc2OCCCCCC(=O)O)ccc1NC(=O)c1ccccc1O. The number of carboxylic acids is 1. The maximum Gasteiger partial charge on any atom is 0.303 e. The summed E-state index contributed by atoms with van der Waals surface area (Å²) in [7, 11) is 3.08. The molecule has 0 aromatic heterocycles. The number of amides is 2. The number of carboxylic acid groups (broad SMARTS) is 1. The zero-order valence-electron chi connectivity index (χ0n) is 21.7. The van der Waals surface area contributed by atoms with Crippen molar-refractivity contribution < 1.29 is 34.1 Å². The van der Waals surface area contributed by atoms with Gasteiger partial charge in [-0.3, -0.25) is 14.4 Å². The Labute approximate surface area is 221 Å². The molecule has 0 fully saturated rings. The van der Waals surface area contributed by atoms with E-state index in [0.717, 1.165) is 12.0 Å². The molecule has 0 radical (unpaired) electrons. The predicted octanol–water partition coefficient (Wildman–Crippen LogP) is 5.26. The Morgan fingerprint density at radius 2 is 1.71 bits per heavy atom. The number of hydrogen-bond donors (Lipinski definition) is 3. The Bertz CT molecular complexity index is 1310. The van der Waals surface area contributed by atoms with Crippen LogP contribution in [0, 0.1) is 6.92 Å². The monoisotopic (exact) mass is 520 g/mol. The minimum atomic E-state index is -0.811. The first-order valence-corrected chi connectivity index (χ1v) is 12.2. The van der Waals surface area contributed by atoms with E-state index in [0.29, 0.717) is 42.1 Å². The largest absolute Gasteiger partial charge is 0.507 e. The van der Waals surface area contributed by atoms with Crippen LogP contribution in [0.1, 0.15) is 52.0 Å². The van der Waals surface area contributed by atoms with E-state index in [-0.39, 0.29) is 29.4 Å². The number of benzene rings is 3. The second kappa shape index (κ2) is 13.1. The van der Waals surface area contributed by atoms with Gasteiger partial charge in [-0.15, -0.1) is 0 Å². The number of carbonyl (C=O) groups excluding carboxylic acids is 2. The Hall–Kier alpha value is -4.53. The smallest absolute Gasteiger partial charge is 0.303 e. The third-order valence-corrected chi connectivity index (χ3v) is 5.92. The lowest BCUT2D eigenvalue weighted by Gasteiger charge is -2.22. The molecule has 0 saturated carbocycles. The Morgan fingerprint density at radius 3 is 2.42 bits per heavy atom. The number of anilines is 2. The van der Waals surface area contributed by atoms with Gasteiger partial charge in [-0.05, 0) is 74.2 Å². The first-order chi connectivity index (χ1) is 18.2. The number of rotatable bonds is 12. The zero-order chi connectivity index (χ0) is 27.7. The molecule has 0 aliphatic rings. The first kappa shape index (κ1) is 28.0. The highest BCUT2D eigenvalue weighted by molar-refractivity contribution is 6.09. The Kier molecular flexibility index (Phi) is 9.70. The maximum atomic E-state index is 13.4. The summed E-state index contributed by atoms with van der Waals surface area (Å²) < 4.78 is 11.4. The normalized spacial score (nSPS) is 10.5. The number of ether oxygens (including phenoxy) is 2. The summed E-state index contributed by atoms with van der Waals surface area (Å²) in [4.78, 5) is 38.1. The second-order valence-electron chi connectivity index (χ2n) is 8.77. The molecular formula is C29H32N2O7. The number of carbonyl (C=O) groups is 3. The van der Waals surface area contributed by atoms with Gasteiger partial charge < -0.3 is 29.9 Å². The summed E-state index contributed by atoms with van der Waals surface area (Å²) in [6.45, 7) is 2.33. The maximum absolute atomic E-state index is 13.4. The van der Waals surface area contributed by atoms with E-state index >= 15 is 0 Å². The number of phenolic OH excluding ortho intramolecular Hbond substituents is 1. The van der Waals surface area contributed by atoms with Crippen LogP contribution in [0.3, 0.4) is 0 Å². The molecular weight excluding hydrogens is 488 g/mol. The lowest BCUT2D eigenvalue weighted by Crippen LogP contribution is -2.27. The highest BCUT2D eigenvalue weighted by Gasteiger charge is 2.20. The number of hydrogen-bond acceptors (Lipinski definition) is 6. The predicted molar refractivity (Wildman–Crippen MR) is 145 cm³/mol. The Balaban J connectivity index is 1.73. The quantitative estimate of drug-likeness (QED) is 0.278. The number of phenols is 1. The number of nitrogens with one attached hydrogen (secondary N) is 1. The van der Waals surface area contributed by atoms with Crippen molar-refractivity contribution in [2.45, 2.75) is 32.6 Å². The zero-order valence-corrected chi connectivity index (χ0v) is 21.7. The fourth-order valence-electron chi connectivity index (χ4n) is 3.84. The van der Waals surface area contributed by atoms with Crippen LogP contribution < -0.4 is 19.7 Å². The summed E-state index contributed by atoms with van der Waals surface area (Å²) >= 11 is 0. The summed E-state index contributed by atoms with van der Waals surface area (Å²) in [6.07, 6.45) is 2.15. The van der Waals surface area contributed by atoms with Crippen LogP contribution in [0.5, 0.6) is 17.2 Å². The van der Waals surface area contributed by atoms with Crippen LogP contribution in [0.25, 0.3) is 0 Å². The van der Waals surface area contributed by atoms with E-state index in [1.807, 2.05) is 25.1 Å². The number of aliphatic carboxylic acids is 1. The van der Waals surface area contributed by atoms with Gasteiger partial charge in [0, 0.05) is 19.0 Å². The van der Waals surface area contributed by atoms with Gasteiger partial charge in [-0.1, -0.05) is 18.2 Å². The molecule has 0 atom stereocenters. The van der Waals surface area contributed by atoms with Gasteiger partial charge in [0.25, 0.3) is 11.8 Å². The molecule has 3 N–H and O–H groups in total. The molecule has 9 heteroatoms. The molecule has 3 aromatic carbocycles. The van der Waals surface area contributed by atoms with E-state index in [4.69, 9.17) is 14.6 Å². The molecule has 0 unspecified atom stereocenters. The van der Waals surface area contributed by atoms with Crippen molar-refractivity contribution in [1.82, 2.24) is 0 Å². The van der Waals surface area contributed by atoms with E-state index < -0.39 is 11.9 Å². The molecule has 3 aromatic rings. The average Bonchev–Trinajstić information content (AvgIpc) is 2.90. The molecule has 0 aliphatic carbocycles. The van der Waals surface area contributed by atoms with Gasteiger partial charge in [0.05, 0.1) is 30.7 Å². The van der Waals surface area contributed by atoms with Crippen molar-refractivity contribution in [2.24, 2.45) is 0 Å². The van der Waals surface area contributed by atoms with Crippen LogP contribution in [0.2, 0.25) is 0 Å². The number of aryl methyl sites for hydroxylation is 1. The fourth-order valence-corrected chi connectivity index (χ4v) is 3.84. The van der Waals surface area contributed by atoms with E-state index in [9.17, 15) is 19.5 Å². The highest BCUT2D eigenvalue weighted by atomic mass is 16.5. The molecule has 0 spiro atoms. The highest BCUT2D eigenvalue weighted by Crippen LogP contribution is 2.32. The van der Waals surface area contributed by atoms with Crippen molar-refractivity contribution >= 4 is 29.2 Å². The number of unbranched alkanes of at least 4 members (excludes halogenated alkanes) is 2. The van der Waals surface area contributed by atoms with Crippen molar-refractivity contribution in [2.75, 3.05) is 31.0 Å². The molecule has 3 rings (SSSR count). The molecule has 38 heavy (non-hydrogen) atoms. The third kappa shape index (κ3) is 7.25. The minimum absolute atomic E-state index is 0.114. The Morgan fingerprint density at radius 1 is 0.947 bits per heavy atom. The summed E-state index contributed by atoms with van der Waals surface area (Å²) in [5.41, 5.74) is 2.36. The van der Waals surface area contributed by atoms with Gasteiger partial charge in [0.15, 0.2) is 0 Å². The fraction of sp³-hybridized carbons (Fsp3) is 0.276. The van der Waals surface area contributed by atoms with E-state index in [1.165, 1.54) is 30.2 Å². The molecule has 2 amide bonds. The summed E-state index contributed by atoms with van der Waals surface area (Å²) in [6, 6.07) is 16.4. The van der Waals surface area contributed by atoms with Gasteiger partial charge >= 0.3 is 5.97 Å². The van der Waals surface area contributed by atoms with E-state index in [1.54, 1.807) is 31.3 Å². The summed E-state index contributed by atoms with van der Waals surface area (Å²) in [5.74, 6) is -0.935. The number of methoxy groups -OCH3 is 1. The number of para-hydroxylation sites is 1. The minimum Gasteiger partial charge on any atom is -0.507 e. The standard InChI is InChI=1S/C29H32N2O7/c1-19-12-15-23(26(17-19)38-16-8-4-5-11-27(33)34)31(2)29(36)20-13-14-22(25(18-20)37-3)30-28(35)21-9-6-7-10-24(21)32/h6-7,9-10,12-15,17-18,32H,4-5,8,11,16H2,1-3H3,(H,30,35)(H,33,34). The first-order valence-electron chi connectivity index (χ1n) is 12.2. The van der Waals surface area contributed by atoms with Gasteiger partial charge in [-0.25, -0.2) is 0 Å². The van der Waals surface area contributed by atoms with Gasteiger partial charge in [0.1, 0.15) is 17.2 Å². The third-order valence-electron chi connectivity index (χ3n) is 5.92. The van der Waals surface area contributed by atoms with Crippen LogP contribution >= 0.6 is 0 Å². The number of nitrogens with zero attached hydrogens (tertiary/aromatic N) is 1. The van der Waals surface area contributed by atoms with Crippen LogP contribution in [0.4, 0.5) is 11.4 Å². The van der Waals surface area contributed by atoms with E-state index in [2.05, 4.69) is 5.32 Å².